The highest BCUT2D eigenvalue weighted by Gasteiger charge is 2.22. The summed E-state index contributed by atoms with van der Waals surface area (Å²) >= 11 is 0. The van der Waals surface area contributed by atoms with Crippen molar-refractivity contribution in [2.45, 2.75) is 19.1 Å². The fourth-order valence-electron chi connectivity index (χ4n) is 2.24. The molecule has 130 valence electrons. The molecule has 0 fully saturated rings. The molecule has 8 heteroatoms. The highest BCUT2D eigenvalue weighted by molar-refractivity contribution is 5.90. The fourth-order valence-corrected chi connectivity index (χ4v) is 2.24. The molecule has 0 saturated carbocycles. The molecule has 0 aliphatic carbocycles. The van der Waals surface area contributed by atoms with Gasteiger partial charge in [-0.1, -0.05) is 30.3 Å². The number of rotatable bonds is 9. The fraction of sp³-hybridized carbons (Fsp3) is 0.438. The third-order valence-electron chi connectivity index (χ3n) is 3.65. The third-order valence-corrected chi connectivity index (χ3v) is 3.65. The van der Waals surface area contributed by atoms with E-state index < -0.39 is 23.8 Å². The molecule has 2 atom stereocenters. The Balaban J connectivity index is 1.68. The van der Waals surface area contributed by atoms with Crippen molar-refractivity contribution in [2.24, 2.45) is 16.6 Å². The van der Waals surface area contributed by atoms with Crippen LogP contribution in [0.15, 0.2) is 35.3 Å². The van der Waals surface area contributed by atoms with Gasteiger partial charge in [0, 0.05) is 6.54 Å². The maximum Gasteiger partial charge on any atom is 0.308 e. The summed E-state index contributed by atoms with van der Waals surface area (Å²) in [6.45, 7) is 1.21. The first kappa shape index (κ1) is 17.7. The number of carbonyl (C=O) groups excluding carboxylic acids is 1. The van der Waals surface area contributed by atoms with Gasteiger partial charge in [-0.3, -0.25) is 14.6 Å². The predicted octanol–water partition coefficient (Wildman–Crippen LogP) is -0.303. The first-order chi connectivity index (χ1) is 11.6. The zero-order valence-electron chi connectivity index (χ0n) is 13.3. The predicted molar refractivity (Wildman–Crippen MR) is 88.3 cm³/mol. The number of guanidine groups is 1. The van der Waals surface area contributed by atoms with Crippen LogP contribution in [0.1, 0.15) is 12.0 Å². The molecular weight excluding hydrogens is 312 g/mol. The van der Waals surface area contributed by atoms with Gasteiger partial charge in [0.1, 0.15) is 6.04 Å². The van der Waals surface area contributed by atoms with Gasteiger partial charge in [-0.15, -0.1) is 0 Å². The second kappa shape index (κ2) is 8.88. The number of hydrogen-bond donors (Lipinski definition) is 4. The summed E-state index contributed by atoms with van der Waals surface area (Å²) in [6.07, 6.45) is 0.381. The lowest BCUT2D eigenvalue weighted by Crippen LogP contribution is -2.46. The lowest BCUT2D eigenvalue weighted by molar-refractivity contribution is -0.144. The second-order valence-electron chi connectivity index (χ2n) is 5.54. The number of aliphatic imine (C=N–C) groups is 1. The summed E-state index contributed by atoms with van der Waals surface area (Å²) in [5.74, 6) is -1.52. The Morgan fingerprint density at radius 1 is 1.42 bits per heavy atom. The second-order valence-corrected chi connectivity index (χ2v) is 5.54. The van der Waals surface area contributed by atoms with E-state index >= 15 is 0 Å². The smallest absolute Gasteiger partial charge is 0.308 e. The molecule has 0 bridgehead atoms. The Hall–Kier alpha value is -2.61. The minimum atomic E-state index is -0.902. The number of carboxylic acid groups (broad SMARTS) is 1. The van der Waals surface area contributed by atoms with Crippen LogP contribution in [-0.4, -0.2) is 48.7 Å². The Morgan fingerprint density at radius 2 is 2.17 bits per heavy atom. The summed E-state index contributed by atoms with van der Waals surface area (Å²) < 4.78 is 5.50. The van der Waals surface area contributed by atoms with Gasteiger partial charge in [0.05, 0.1) is 25.7 Å². The molecule has 1 aliphatic rings. The Bertz CT molecular complexity index is 591. The number of benzene rings is 1. The van der Waals surface area contributed by atoms with Crippen molar-refractivity contribution in [3.63, 3.8) is 0 Å². The summed E-state index contributed by atoms with van der Waals surface area (Å²) in [6, 6.07) is 9.08. The molecule has 0 radical (unpaired) electrons. The topological polar surface area (TPSA) is 126 Å². The van der Waals surface area contributed by atoms with Crippen LogP contribution < -0.4 is 16.4 Å². The monoisotopic (exact) mass is 334 g/mol. The van der Waals surface area contributed by atoms with Gasteiger partial charge < -0.3 is 26.2 Å². The van der Waals surface area contributed by atoms with Crippen LogP contribution in [0.2, 0.25) is 0 Å². The Labute approximate surface area is 140 Å². The first-order valence-corrected chi connectivity index (χ1v) is 7.75. The average Bonchev–Trinajstić information content (AvgIpc) is 3.03. The molecule has 2 unspecified atom stereocenters. The van der Waals surface area contributed by atoms with E-state index in [1.165, 1.54) is 0 Å². The zero-order chi connectivity index (χ0) is 17.4. The number of primary amides is 1. The summed E-state index contributed by atoms with van der Waals surface area (Å²) in [7, 11) is 0. The van der Waals surface area contributed by atoms with Crippen LogP contribution in [0.5, 0.6) is 0 Å². The van der Waals surface area contributed by atoms with Gasteiger partial charge in [-0.2, -0.15) is 0 Å². The van der Waals surface area contributed by atoms with Crippen molar-refractivity contribution in [1.82, 2.24) is 10.6 Å². The summed E-state index contributed by atoms with van der Waals surface area (Å²) in [5, 5.41) is 15.1. The van der Waals surface area contributed by atoms with E-state index in [1.807, 2.05) is 30.3 Å². The lowest BCUT2D eigenvalue weighted by Gasteiger charge is -2.14. The number of carboxylic acids is 1. The van der Waals surface area contributed by atoms with Crippen molar-refractivity contribution in [3.8, 4) is 0 Å². The maximum absolute atomic E-state index is 11.3. The molecule has 1 amide bonds. The number of nitrogens with zero attached hydrogens (tertiary/aromatic N) is 1. The van der Waals surface area contributed by atoms with Gasteiger partial charge in [-0.05, 0) is 12.0 Å². The zero-order valence-corrected chi connectivity index (χ0v) is 13.3. The lowest BCUT2D eigenvalue weighted by atomic mass is 10.1. The minimum absolute atomic E-state index is 0.135. The molecule has 1 aromatic rings. The maximum atomic E-state index is 11.3. The average molecular weight is 334 g/mol. The van der Waals surface area contributed by atoms with E-state index in [2.05, 4.69) is 15.6 Å². The highest BCUT2D eigenvalue weighted by atomic mass is 16.5. The third kappa shape index (κ3) is 5.54. The SMILES string of the molecule is NC(=O)C1CN=C(NCCC(COCc2ccccc2)C(=O)O)N1. The number of nitrogens with one attached hydrogen (secondary N) is 2. The van der Waals surface area contributed by atoms with Crippen molar-refractivity contribution < 1.29 is 19.4 Å². The van der Waals surface area contributed by atoms with E-state index in [-0.39, 0.29) is 6.61 Å². The van der Waals surface area contributed by atoms with E-state index in [1.54, 1.807) is 0 Å². The number of aliphatic carboxylic acids is 1. The number of nitrogens with two attached hydrogens (primary N) is 1. The molecule has 2 rings (SSSR count). The molecule has 1 aliphatic heterocycles. The van der Waals surface area contributed by atoms with Crippen LogP contribution in [0.25, 0.3) is 0 Å². The van der Waals surface area contributed by atoms with E-state index in [0.717, 1.165) is 5.56 Å². The van der Waals surface area contributed by atoms with Gasteiger partial charge in [0.15, 0.2) is 5.96 Å². The standard InChI is InChI=1S/C16H22N4O4/c17-14(21)13-8-19-16(20-13)18-7-6-12(15(22)23)10-24-9-11-4-2-1-3-5-11/h1-5,12-13H,6-10H2,(H2,17,21)(H,22,23)(H2,18,19,20). The first-order valence-electron chi connectivity index (χ1n) is 7.75. The number of carbonyl (C=O) groups is 2. The minimum Gasteiger partial charge on any atom is -0.481 e. The van der Waals surface area contributed by atoms with Gasteiger partial charge in [0.25, 0.3) is 0 Å². The van der Waals surface area contributed by atoms with Crippen LogP contribution in [0.3, 0.4) is 0 Å². The molecule has 1 aromatic carbocycles. The molecule has 8 nitrogen and oxygen atoms in total. The molecule has 0 spiro atoms. The number of ether oxygens (including phenoxy) is 1. The van der Waals surface area contributed by atoms with Crippen LogP contribution in [0.4, 0.5) is 0 Å². The number of hydrogen-bond acceptors (Lipinski definition) is 6. The summed E-state index contributed by atoms with van der Waals surface area (Å²) in [5.41, 5.74) is 6.18. The molecular formula is C16H22N4O4. The van der Waals surface area contributed by atoms with Crippen LogP contribution in [0, 0.1) is 5.92 Å². The molecule has 5 N–H and O–H groups in total. The van der Waals surface area contributed by atoms with Crippen LogP contribution >= 0.6 is 0 Å². The van der Waals surface area contributed by atoms with Crippen molar-refractivity contribution in [2.75, 3.05) is 19.7 Å². The quantitative estimate of drug-likeness (QED) is 0.491. The summed E-state index contributed by atoms with van der Waals surface area (Å²) in [4.78, 5) is 26.4. The van der Waals surface area contributed by atoms with Crippen LogP contribution in [-0.2, 0) is 20.9 Å². The Kier molecular flexibility index (Phi) is 6.56. The van der Waals surface area contributed by atoms with Gasteiger partial charge in [0.2, 0.25) is 5.91 Å². The van der Waals surface area contributed by atoms with Crippen molar-refractivity contribution >= 4 is 17.8 Å². The van der Waals surface area contributed by atoms with Crippen molar-refractivity contribution in [1.29, 1.82) is 0 Å². The normalized spacial score (nSPS) is 17.7. The van der Waals surface area contributed by atoms with Crippen molar-refractivity contribution in [3.05, 3.63) is 35.9 Å². The van der Waals surface area contributed by atoms with E-state index in [0.29, 0.717) is 32.1 Å². The highest BCUT2D eigenvalue weighted by Crippen LogP contribution is 2.07. The van der Waals surface area contributed by atoms with E-state index in [4.69, 9.17) is 10.5 Å². The Morgan fingerprint density at radius 3 is 2.79 bits per heavy atom. The van der Waals surface area contributed by atoms with E-state index in [9.17, 15) is 14.7 Å². The van der Waals surface area contributed by atoms with Gasteiger partial charge in [-0.25, -0.2) is 0 Å². The van der Waals surface area contributed by atoms with Gasteiger partial charge >= 0.3 is 5.97 Å². The molecule has 1 heterocycles. The number of amides is 1. The molecule has 0 saturated heterocycles. The molecule has 24 heavy (non-hydrogen) atoms. The largest absolute Gasteiger partial charge is 0.481 e. The molecule has 0 aromatic heterocycles.